The highest BCUT2D eigenvalue weighted by molar-refractivity contribution is 5.82. The number of hydrogen-bond acceptors (Lipinski definition) is 10. The molecule has 0 unspecified atom stereocenters. The Balaban J connectivity index is 5.26. The second kappa shape index (κ2) is 31.2. The second-order valence-corrected chi connectivity index (χ2v) is 13.7. The topological polar surface area (TPSA) is 189 Å². The quantitative estimate of drug-likeness (QED) is 0.0337. The Morgan fingerprint density at radius 2 is 0.960 bits per heavy atom. The molecule has 0 saturated heterocycles. The number of aliphatic hydroxyl groups is 3. The molecule has 2 amide bonds. The number of ether oxygens (including phenoxy) is 2. The summed E-state index contributed by atoms with van der Waals surface area (Å²) < 4.78 is 10.7. The largest absolute Gasteiger partial charge is 0.462 e. The van der Waals surface area contributed by atoms with Crippen LogP contribution in [0.5, 0.6) is 0 Å². The van der Waals surface area contributed by atoms with Crippen molar-refractivity contribution < 1.29 is 48.8 Å². The monoisotopic (exact) mass is 715 g/mol. The third-order valence-electron chi connectivity index (χ3n) is 8.89. The van der Waals surface area contributed by atoms with E-state index in [0.717, 1.165) is 51.4 Å². The highest BCUT2D eigenvalue weighted by Crippen LogP contribution is 2.17. The molecule has 0 radical (unpaired) electrons. The molecule has 0 bridgehead atoms. The maximum Gasteiger partial charge on any atom is 0.302 e. The number of carbonyl (C=O) groups is 5. The number of nitrogens with one attached hydrogen (secondary N) is 2. The van der Waals surface area contributed by atoms with Gasteiger partial charge in [-0.15, -0.1) is 0 Å². The predicted octanol–water partition coefficient (Wildman–Crippen LogP) is 5.35. The van der Waals surface area contributed by atoms with E-state index in [-0.39, 0.29) is 12.8 Å². The van der Waals surface area contributed by atoms with Gasteiger partial charge in [0.15, 0.2) is 0 Å². The lowest BCUT2D eigenvalue weighted by atomic mass is 9.97. The summed E-state index contributed by atoms with van der Waals surface area (Å²) in [5, 5.41) is 35.4. The minimum atomic E-state index is -1.82. The van der Waals surface area contributed by atoms with Gasteiger partial charge in [-0.2, -0.15) is 0 Å². The van der Waals surface area contributed by atoms with Crippen LogP contribution in [0.25, 0.3) is 0 Å². The van der Waals surface area contributed by atoms with Crippen LogP contribution in [0.3, 0.4) is 0 Å². The summed E-state index contributed by atoms with van der Waals surface area (Å²) in [4.78, 5) is 61.9. The molecule has 0 rings (SSSR count). The van der Waals surface area contributed by atoms with Gasteiger partial charge in [-0.25, -0.2) is 0 Å². The van der Waals surface area contributed by atoms with E-state index in [2.05, 4.69) is 24.5 Å². The number of amides is 2. The number of unbranched alkanes of at least 4 members (excludes halogenated alkanes) is 16. The Hall–Kier alpha value is -2.57. The number of aliphatic hydroxyl groups excluding tert-OH is 3. The highest BCUT2D eigenvalue weighted by Gasteiger charge is 2.36. The van der Waals surface area contributed by atoms with Crippen molar-refractivity contribution in [3.63, 3.8) is 0 Å². The molecule has 0 aliphatic rings. The average molecular weight is 715 g/mol. The molecule has 0 aliphatic carbocycles. The minimum Gasteiger partial charge on any atom is -0.462 e. The lowest BCUT2D eigenvalue weighted by Crippen LogP contribution is -2.61. The molecule has 50 heavy (non-hydrogen) atoms. The molecule has 0 heterocycles. The van der Waals surface area contributed by atoms with Crippen molar-refractivity contribution in [1.29, 1.82) is 0 Å². The zero-order valence-electron chi connectivity index (χ0n) is 31.5. The van der Waals surface area contributed by atoms with Crippen molar-refractivity contribution in [2.75, 3.05) is 6.61 Å². The Bertz CT molecular complexity index is 918. The fraction of sp³-hybridized carbons (Fsp3) is 0.868. The van der Waals surface area contributed by atoms with Gasteiger partial charge in [-0.05, 0) is 25.7 Å². The van der Waals surface area contributed by atoms with Crippen LogP contribution in [0.15, 0.2) is 0 Å². The standard InChI is InChI=1S/C38H70N2O10/c1-5-7-9-11-13-15-17-19-21-23-31(49-29(3)43)25-35(46)39-33(27-41)37(38(48)34(45)28-42)40-36(47)26-32(50-30(4)44)24-22-20-18-16-14-12-10-8-6-2/h27,31-34,37-38,42,45,48H,5-26,28H2,1-4H3,(H,39,46)(H,40,47)/t31-,32-,33+,34-,37-,38-/m1/s1. The maximum absolute atomic E-state index is 13.1. The molecule has 6 atom stereocenters. The zero-order chi connectivity index (χ0) is 37.6. The molecule has 12 heteroatoms. The summed E-state index contributed by atoms with van der Waals surface area (Å²) in [5.41, 5.74) is 0. The maximum atomic E-state index is 13.1. The van der Waals surface area contributed by atoms with Crippen molar-refractivity contribution in [2.24, 2.45) is 0 Å². The van der Waals surface area contributed by atoms with Crippen LogP contribution in [-0.2, 0) is 33.4 Å². The second-order valence-electron chi connectivity index (χ2n) is 13.7. The van der Waals surface area contributed by atoms with Crippen molar-refractivity contribution in [1.82, 2.24) is 10.6 Å². The molecule has 0 saturated carbocycles. The summed E-state index contributed by atoms with van der Waals surface area (Å²) in [6.07, 6.45) is 15.6. The number of esters is 2. The van der Waals surface area contributed by atoms with Gasteiger partial charge in [-0.1, -0.05) is 117 Å². The molecule has 0 aromatic carbocycles. The first-order valence-corrected chi connectivity index (χ1v) is 19.3. The van der Waals surface area contributed by atoms with Crippen molar-refractivity contribution in [2.45, 2.75) is 205 Å². The van der Waals surface area contributed by atoms with E-state index in [1.807, 2.05) is 0 Å². The van der Waals surface area contributed by atoms with Crippen LogP contribution >= 0.6 is 0 Å². The fourth-order valence-electron chi connectivity index (χ4n) is 6.09. The number of rotatable bonds is 33. The van der Waals surface area contributed by atoms with Crippen LogP contribution in [0.4, 0.5) is 0 Å². The number of hydrogen-bond donors (Lipinski definition) is 5. The average Bonchev–Trinajstić information content (AvgIpc) is 3.06. The number of aldehydes is 1. The molecule has 0 aromatic rings. The van der Waals surface area contributed by atoms with Crippen molar-refractivity contribution in [3.05, 3.63) is 0 Å². The van der Waals surface area contributed by atoms with Crippen molar-refractivity contribution in [3.8, 4) is 0 Å². The van der Waals surface area contributed by atoms with Gasteiger partial charge < -0.3 is 40.2 Å². The summed E-state index contributed by atoms with van der Waals surface area (Å²) in [6.45, 7) is 6.01. The SMILES string of the molecule is CCCCCCCCCCC[C@H](CC(=O)N[C@@H]([C@H](O)[C@H](O)CO)[C@H](C=O)NC(=O)C[C@@H](CCCCCCCCCCC)OC(C)=O)OC(C)=O. The minimum absolute atomic E-state index is 0.243. The lowest BCUT2D eigenvalue weighted by molar-refractivity contribution is -0.150. The highest BCUT2D eigenvalue weighted by atomic mass is 16.5. The molecule has 0 aliphatic heterocycles. The van der Waals surface area contributed by atoms with Gasteiger partial charge in [0.2, 0.25) is 11.8 Å². The first kappa shape index (κ1) is 47.4. The lowest BCUT2D eigenvalue weighted by Gasteiger charge is -2.32. The van der Waals surface area contributed by atoms with E-state index in [9.17, 15) is 39.3 Å². The van der Waals surface area contributed by atoms with E-state index in [1.165, 1.54) is 78.1 Å². The third kappa shape index (κ3) is 25.4. The summed E-state index contributed by atoms with van der Waals surface area (Å²) in [6, 6.07) is -3.00. The summed E-state index contributed by atoms with van der Waals surface area (Å²) >= 11 is 0. The van der Waals surface area contributed by atoms with Crippen LogP contribution < -0.4 is 10.6 Å². The predicted molar refractivity (Wildman–Crippen MR) is 193 cm³/mol. The summed E-state index contributed by atoms with van der Waals surface area (Å²) in [7, 11) is 0. The molecular weight excluding hydrogens is 644 g/mol. The molecule has 0 spiro atoms. The van der Waals surface area contributed by atoms with Crippen LogP contribution in [0, 0.1) is 0 Å². The normalized spacial score (nSPS) is 14.9. The molecule has 5 N–H and O–H groups in total. The Labute approximate surface area is 301 Å². The Kier molecular flexibility index (Phi) is 29.6. The summed E-state index contributed by atoms with van der Waals surface area (Å²) in [5.74, 6) is -2.42. The first-order valence-electron chi connectivity index (χ1n) is 19.3. The van der Waals surface area contributed by atoms with Crippen LogP contribution in [0.1, 0.15) is 169 Å². The molecule has 292 valence electrons. The smallest absolute Gasteiger partial charge is 0.302 e. The fourth-order valence-corrected chi connectivity index (χ4v) is 6.09. The van der Waals surface area contributed by atoms with E-state index in [1.54, 1.807) is 0 Å². The molecule has 0 fully saturated rings. The molecular formula is C38H70N2O10. The van der Waals surface area contributed by atoms with Gasteiger partial charge >= 0.3 is 11.9 Å². The van der Waals surface area contributed by atoms with E-state index in [0.29, 0.717) is 19.1 Å². The van der Waals surface area contributed by atoms with Crippen LogP contribution in [-0.4, -0.2) is 88.5 Å². The van der Waals surface area contributed by atoms with E-state index in [4.69, 9.17) is 9.47 Å². The van der Waals surface area contributed by atoms with E-state index < -0.39 is 66.9 Å². The van der Waals surface area contributed by atoms with Gasteiger partial charge in [0, 0.05) is 13.8 Å². The molecule has 12 nitrogen and oxygen atoms in total. The van der Waals surface area contributed by atoms with Gasteiger partial charge in [0.25, 0.3) is 0 Å². The first-order chi connectivity index (χ1) is 24.0. The Morgan fingerprint density at radius 3 is 1.30 bits per heavy atom. The number of carbonyl (C=O) groups excluding carboxylic acids is 5. The molecule has 0 aromatic heterocycles. The third-order valence-corrected chi connectivity index (χ3v) is 8.89. The van der Waals surface area contributed by atoms with Crippen LogP contribution in [0.2, 0.25) is 0 Å². The van der Waals surface area contributed by atoms with Gasteiger partial charge in [0.1, 0.15) is 36.7 Å². The van der Waals surface area contributed by atoms with Gasteiger partial charge in [-0.3, -0.25) is 19.2 Å². The zero-order valence-corrected chi connectivity index (χ0v) is 31.5. The Morgan fingerprint density at radius 1 is 0.600 bits per heavy atom. The van der Waals surface area contributed by atoms with Crippen molar-refractivity contribution >= 4 is 30.0 Å². The van der Waals surface area contributed by atoms with Gasteiger partial charge in [0.05, 0.1) is 25.5 Å². The van der Waals surface area contributed by atoms with E-state index >= 15 is 0 Å².